The van der Waals surface area contributed by atoms with Crippen LogP contribution >= 0.6 is 0 Å². The van der Waals surface area contributed by atoms with Crippen LogP contribution in [-0.4, -0.2) is 12.4 Å². The molecule has 0 atom stereocenters. The van der Waals surface area contributed by atoms with Gasteiger partial charge in [-0.1, -0.05) is 13.2 Å². The molecule has 0 radical (unpaired) electrons. The van der Waals surface area contributed by atoms with Crippen LogP contribution in [0.2, 0.25) is 0 Å². The molecule has 0 aliphatic heterocycles. The zero-order valence-corrected chi connectivity index (χ0v) is 5.30. The molecule has 3 nitrogen and oxygen atoms in total. The van der Waals surface area contributed by atoms with Gasteiger partial charge in [-0.3, -0.25) is 0 Å². The summed E-state index contributed by atoms with van der Waals surface area (Å²) >= 11 is 0. The first kappa shape index (κ1) is 7.91. The molecule has 0 aliphatic rings. The Hall–Kier alpha value is -1.09. The van der Waals surface area contributed by atoms with E-state index in [-0.39, 0.29) is 0 Å². The van der Waals surface area contributed by atoms with Gasteiger partial charge in [0, 0.05) is 18.3 Å². The van der Waals surface area contributed by atoms with Crippen LogP contribution in [0, 0.1) is 0 Å². The number of aliphatic imine (C=N–C) groups is 1. The minimum atomic E-state index is 0.336. The summed E-state index contributed by atoms with van der Waals surface area (Å²) in [5.41, 5.74) is 11.2. The van der Waals surface area contributed by atoms with Gasteiger partial charge in [0.15, 0.2) is 0 Å². The molecule has 9 heavy (non-hydrogen) atoms. The van der Waals surface area contributed by atoms with E-state index < -0.39 is 0 Å². The Morgan fingerprint density at radius 3 is 2.56 bits per heavy atom. The third-order valence-corrected chi connectivity index (χ3v) is 0.839. The summed E-state index contributed by atoms with van der Waals surface area (Å²) in [6.45, 7) is 7.27. The average molecular weight is 125 g/mol. The van der Waals surface area contributed by atoms with Crippen LogP contribution in [0.1, 0.15) is 0 Å². The first-order chi connectivity index (χ1) is 4.22. The van der Waals surface area contributed by atoms with Crippen molar-refractivity contribution in [3.8, 4) is 0 Å². The topological polar surface area (TPSA) is 64.4 Å². The van der Waals surface area contributed by atoms with Crippen molar-refractivity contribution >= 4 is 5.84 Å². The minimum absolute atomic E-state index is 0.336. The van der Waals surface area contributed by atoms with Crippen molar-refractivity contribution in [3.63, 3.8) is 0 Å². The van der Waals surface area contributed by atoms with Crippen molar-refractivity contribution in [2.75, 3.05) is 6.54 Å². The summed E-state index contributed by atoms with van der Waals surface area (Å²) in [6, 6.07) is 0. The first-order valence-electron chi connectivity index (χ1n) is 2.54. The molecule has 0 heterocycles. The summed E-state index contributed by atoms with van der Waals surface area (Å²) < 4.78 is 0. The lowest BCUT2D eigenvalue weighted by Crippen LogP contribution is -2.19. The molecule has 0 aliphatic carbocycles. The maximum Gasteiger partial charge on any atom is 0.127 e. The van der Waals surface area contributed by atoms with Crippen LogP contribution in [0.15, 0.2) is 29.9 Å². The van der Waals surface area contributed by atoms with Crippen LogP contribution in [0.4, 0.5) is 0 Å². The van der Waals surface area contributed by atoms with Crippen molar-refractivity contribution in [1.82, 2.24) is 0 Å². The van der Waals surface area contributed by atoms with E-state index in [0.29, 0.717) is 18.0 Å². The molecular weight excluding hydrogens is 114 g/mol. The van der Waals surface area contributed by atoms with E-state index in [4.69, 9.17) is 11.5 Å². The lowest BCUT2D eigenvalue weighted by atomic mass is 10.3. The van der Waals surface area contributed by atoms with Gasteiger partial charge in [0.1, 0.15) is 5.84 Å². The van der Waals surface area contributed by atoms with Gasteiger partial charge in [0.25, 0.3) is 0 Å². The first-order valence-corrected chi connectivity index (χ1v) is 2.54. The fourth-order valence-corrected chi connectivity index (χ4v) is 0.294. The third kappa shape index (κ3) is 2.66. The molecule has 0 aromatic carbocycles. The Balaban J connectivity index is 4.01. The van der Waals surface area contributed by atoms with E-state index in [1.165, 1.54) is 6.20 Å². The van der Waals surface area contributed by atoms with Crippen LogP contribution in [-0.2, 0) is 0 Å². The highest BCUT2D eigenvalue weighted by molar-refractivity contribution is 5.97. The highest BCUT2D eigenvalue weighted by Crippen LogP contribution is 1.85. The van der Waals surface area contributed by atoms with Gasteiger partial charge in [-0.15, -0.1) is 0 Å². The van der Waals surface area contributed by atoms with E-state index >= 15 is 0 Å². The molecule has 0 rings (SSSR count). The fraction of sp³-hybridized carbons (Fsp3) is 0.167. The molecule has 0 amide bonds. The van der Waals surface area contributed by atoms with Gasteiger partial charge in [-0.05, 0) is 0 Å². The second-order valence-corrected chi connectivity index (χ2v) is 1.50. The quantitative estimate of drug-likeness (QED) is 0.412. The molecule has 0 saturated carbocycles. The Morgan fingerprint density at radius 2 is 2.22 bits per heavy atom. The third-order valence-electron chi connectivity index (χ3n) is 0.839. The average Bonchev–Trinajstić information content (AvgIpc) is 1.87. The molecule has 50 valence electrons. The Bertz CT molecular complexity index is 146. The molecule has 0 aromatic rings. The standard InChI is InChI=1S/C6H11N3/c1-3-9-6(8)5(2)4-7/h3H,1-2,4,7H2,(H2,8,9). The normalized spacial score (nSPS) is 11.0. The summed E-state index contributed by atoms with van der Waals surface area (Å²) in [6.07, 6.45) is 1.36. The number of hydrogen-bond acceptors (Lipinski definition) is 2. The molecular formula is C6H11N3. The van der Waals surface area contributed by atoms with Gasteiger partial charge in [0.05, 0.1) is 0 Å². The predicted octanol–water partition coefficient (Wildman–Crippen LogP) is 0.00200. The highest BCUT2D eigenvalue weighted by Gasteiger charge is 1.92. The van der Waals surface area contributed by atoms with Crippen molar-refractivity contribution in [3.05, 3.63) is 24.9 Å². The second-order valence-electron chi connectivity index (χ2n) is 1.50. The predicted molar refractivity (Wildman–Crippen MR) is 40.0 cm³/mol. The SMILES string of the molecule is C=CN=C(N)C(=C)CN. The molecule has 0 unspecified atom stereocenters. The zero-order valence-electron chi connectivity index (χ0n) is 5.30. The number of nitrogens with zero attached hydrogens (tertiary/aromatic N) is 1. The largest absolute Gasteiger partial charge is 0.383 e. The van der Waals surface area contributed by atoms with Crippen LogP contribution in [0.5, 0.6) is 0 Å². The molecule has 0 spiro atoms. The molecule has 0 saturated heterocycles. The fourth-order valence-electron chi connectivity index (χ4n) is 0.294. The maximum absolute atomic E-state index is 5.34. The Labute approximate surface area is 54.8 Å². The number of hydrogen-bond donors (Lipinski definition) is 2. The zero-order chi connectivity index (χ0) is 7.28. The number of nitrogens with two attached hydrogens (primary N) is 2. The highest BCUT2D eigenvalue weighted by atomic mass is 14.8. The molecule has 0 aromatic heterocycles. The van der Waals surface area contributed by atoms with E-state index in [1.54, 1.807) is 0 Å². The van der Waals surface area contributed by atoms with Crippen LogP contribution < -0.4 is 11.5 Å². The molecule has 4 N–H and O–H groups in total. The monoisotopic (exact) mass is 125 g/mol. The summed E-state index contributed by atoms with van der Waals surface area (Å²) in [5, 5.41) is 0. The Morgan fingerprint density at radius 1 is 1.67 bits per heavy atom. The maximum atomic E-state index is 5.34. The van der Waals surface area contributed by atoms with E-state index in [0.717, 1.165) is 0 Å². The van der Waals surface area contributed by atoms with Crippen molar-refractivity contribution in [2.24, 2.45) is 16.5 Å². The lowest BCUT2D eigenvalue weighted by Gasteiger charge is -1.97. The van der Waals surface area contributed by atoms with Gasteiger partial charge < -0.3 is 11.5 Å². The van der Waals surface area contributed by atoms with Crippen molar-refractivity contribution < 1.29 is 0 Å². The van der Waals surface area contributed by atoms with Gasteiger partial charge in [0.2, 0.25) is 0 Å². The minimum Gasteiger partial charge on any atom is -0.383 e. The molecule has 3 heteroatoms. The summed E-state index contributed by atoms with van der Waals surface area (Å²) in [5.74, 6) is 0.354. The molecule has 0 fully saturated rings. The Kier molecular flexibility index (Phi) is 3.39. The summed E-state index contributed by atoms with van der Waals surface area (Å²) in [7, 11) is 0. The second kappa shape index (κ2) is 3.86. The van der Waals surface area contributed by atoms with Gasteiger partial charge in [-0.25, -0.2) is 4.99 Å². The van der Waals surface area contributed by atoms with E-state index in [2.05, 4.69) is 18.2 Å². The van der Waals surface area contributed by atoms with E-state index in [9.17, 15) is 0 Å². The smallest absolute Gasteiger partial charge is 0.127 e. The van der Waals surface area contributed by atoms with Crippen molar-refractivity contribution in [2.45, 2.75) is 0 Å². The van der Waals surface area contributed by atoms with Crippen LogP contribution in [0.25, 0.3) is 0 Å². The summed E-state index contributed by atoms with van der Waals surface area (Å²) in [4.78, 5) is 3.67. The van der Waals surface area contributed by atoms with Gasteiger partial charge in [-0.2, -0.15) is 0 Å². The number of rotatable bonds is 3. The van der Waals surface area contributed by atoms with Crippen LogP contribution in [0.3, 0.4) is 0 Å². The van der Waals surface area contributed by atoms with E-state index in [1.807, 2.05) is 0 Å². The lowest BCUT2D eigenvalue weighted by molar-refractivity contribution is 1.20. The molecule has 0 bridgehead atoms. The van der Waals surface area contributed by atoms with Crippen molar-refractivity contribution in [1.29, 1.82) is 0 Å². The van der Waals surface area contributed by atoms with Gasteiger partial charge >= 0.3 is 0 Å². The number of amidine groups is 1.